The Morgan fingerprint density at radius 3 is 2.32 bits per heavy atom. The maximum Gasteiger partial charge on any atom is 0.319 e. The molecule has 0 unspecified atom stereocenters. The van der Waals surface area contributed by atoms with Gasteiger partial charge in [0.05, 0.1) is 4.90 Å². The van der Waals surface area contributed by atoms with Gasteiger partial charge in [-0.1, -0.05) is 48.5 Å². The first-order chi connectivity index (χ1) is 16.3. The average molecular weight is 479 g/mol. The molecule has 0 bridgehead atoms. The van der Waals surface area contributed by atoms with Crippen LogP contribution in [-0.4, -0.2) is 31.8 Å². The quantitative estimate of drug-likeness (QED) is 0.481. The molecule has 0 radical (unpaired) electrons. The minimum absolute atomic E-state index is 0.0227. The maximum atomic E-state index is 12.4. The smallest absolute Gasteiger partial charge is 0.319 e. The summed E-state index contributed by atoms with van der Waals surface area (Å²) in [6, 6.07) is 21.1. The summed E-state index contributed by atoms with van der Waals surface area (Å²) in [5, 5.41) is 10.6. The molecule has 1 aliphatic heterocycles. The first kappa shape index (κ1) is 23.5. The number of sulfonamides is 1. The number of nitrogens with zero attached hydrogens (tertiary/aromatic N) is 1. The highest BCUT2D eigenvalue weighted by atomic mass is 32.2. The molecule has 0 aliphatic carbocycles. The van der Waals surface area contributed by atoms with Crippen molar-refractivity contribution in [2.45, 2.75) is 30.8 Å². The molecule has 8 nitrogen and oxygen atoms in total. The van der Waals surface area contributed by atoms with Crippen molar-refractivity contribution in [1.82, 2.24) is 10.2 Å². The zero-order chi connectivity index (χ0) is 24.1. The van der Waals surface area contributed by atoms with Gasteiger partial charge in [0.25, 0.3) is 0 Å². The topological polar surface area (TPSA) is 122 Å². The van der Waals surface area contributed by atoms with Crippen LogP contribution in [0.5, 0.6) is 0 Å². The summed E-state index contributed by atoms with van der Waals surface area (Å²) in [6.07, 6.45) is 1.55. The third-order valence-corrected chi connectivity index (χ3v) is 6.64. The monoisotopic (exact) mass is 478 g/mol. The van der Waals surface area contributed by atoms with E-state index in [0.29, 0.717) is 25.2 Å². The molecule has 3 aromatic carbocycles. The molecule has 0 spiro atoms. The Kier molecular flexibility index (Phi) is 6.95. The van der Waals surface area contributed by atoms with Gasteiger partial charge in [-0.15, -0.1) is 0 Å². The third kappa shape index (κ3) is 5.81. The highest BCUT2D eigenvalue weighted by Crippen LogP contribution is 2.25. The van der Waals surface area contributed by atoms with Gasteiger partial charge in [0.2, 0.25) is 15.9 Å². The van der Waals surface area contributed by atoms with Gasteiger partial charge in [-0.05, 0) is 52.9 Å². The van der Waals surface area contributed by atoms with Crippen molar-refractivity contribution < 1.29 is 18.0 Å². The van der Waals surface area contributed by atoms with Crippen LogP contribution in [0.1, 0.15) is 24.0 Å². The zero-order valence-electron chi connectivity index (χ0n) is 18.5. The van der Waals surface area contributed by atoms with Crippen LogP contribution in [0.15, 0.2) is 77.7 Å². The Balaban J connectivity index is 1.38. The number of carbonyl (C=O) groups excluding carboxylic acids is 2. The van der Waals surface area contributed by atoms with Crippen molar-refractivity contribution in [2.24, 2.45) is 5.14 Å². The molecule has 3 aromatic rings. The van der Waals surface area contributed by atoms with Crippen molar-refractivity contribution in [3.8, 4) is 11.1 Å². The lowest BCUT2D eigenvalue weighted by atomic mass is 9.98. The fourth-order valence-corrected chi connectivity index (χ4v) is 4.43. The van der Waals surface area contributed by atoms with E-state index in [-0.39, 0.29) is 10.8 Å². The fourth-order valence-electron chi connectivity index (χ4n) is 3.92. The van der Waals surface area contributed by atoms with Gasteiger partial charge in [0, 0.05) is 31.7 Å². The molecule has 1 fully saturated rings. The van der Waals surface area contributed by atoms with E-state index < -0.39 is 16.1 Å². The van der Waals surface area contributed by atoms with Gasteiger partial charge in [0.1, 0.15) is 0 Å². The highest BCUT2D eigenvalue weighted by molar-refractivity contribution is 7.89. The second kappa shape index (κ2) is 10.1. The van der Waals surface area contributed by atoms with Crippen molar-refractivity contribution in [2.75, 3.05) is 11.9 Å². The molecule has 0 atom stereocenters. The molecule has 4 N–H and O–H groups in total. The van der Waals surface area contributed by atoms with Crippen LogP contribution in [0.2, 0.25) is 0 Å². The Labute approximate surface area is 198 Å². The highest BCUT2D eigenvalue weighted by Gasteiger charge is 2.20. The summed E-state index contributed by atoms with van der Waals surface area (Å²) in [7, 11) is -3.78. The summed E-state index contributed by atoms with van der Waals surface area (Å²) in [5.41, 5.74) is 4.51. The normalized spacial score (nSPS) is 13.7. The minimum Gasteiger partial charge on any atom is -0.338 e. The molecule has 4 rings (SSSR count). The number of likely N-dealkylation sites (tertiary alicyclic amines) is 1. The van der Waals surface area contributed by atoms with Gasteiger partial charge < -0.3 is 15.5 Å². The average Bonchev–Trinajstić information content (AvgIpc) is 3.22. The van der Waals surface area contributed by atoms with E-state index in [4.69, 9.17) is 5.14 Å². The Morgan fingerprint density at radius 1 is 0.971 bits per heavy atom. The first-order valence-electron chi connectivity index (χ1n) is 10.9. The summed E-state index contributed by atoms with van der Waals surface area (Å²) < 4.78 is 22.7. The summed E-state index contributed by atoms with van der Waals surface area (Å²) in [4.78, 5) is 26.1. The van der Waals surface area contributed by atoms with E-state index in [1.54, 1.807) is 0 Å². The molecular formula is C25H26N4O4S. The van der Waals surface area contributed by atoms with Gasteiger partial charge >= 0.3 is 6.03 Å². The van der Waals surface area contributed by atoms with E-state index in [0.717, 1.165) is 35.2 Å². The molecule has 3 amide bonds. The van der Waals surface area contributed by atoms with Gasteiger partial charge in [0.15, 0.2) is 0 Å². The molecular weight excluding hydrogens is 452 g/mol. The lowest BCUT2D eigenvalue weighted by Crippen LogP contribution is -2.28. The number of rotatable bonds is 7. The Morgan fingerprint density at radius 2 is 1.68 bits per heavy atom. The fraction of sp³-hybridized carbons (Fsp3) is 0.200. The second-order valence-electron chi connectivity index (χ2n) is 8.15. The predicted octanol–water partition coefficient (Wildman–Crippen LogP) is 3.45. The van der Waals surface area contributed by atoms with Crippen LogP contribution in [0, 0.1) is 0 Å². The van der Waals surface area contributed by atoms with E-state index >= 15 is 0 Å². The number of carbonyl (C=O) groups is 2. The van der Waals surface area contributed by atoms with Crippen LogP contribution in [0.3, 0.4) is 0 Å². The summed E-state index contributed by atoms with van der Waals surface area (Å²) >= 11 is 0. The van der Waals surface area contributed by atoms with Gasteiger partial charge in [-0.2, -0.15) is 0 Å². The molecule has 34 heavy (non-hydrogen) atoms. The number of anilines is 1. The van der Waals surface area contributed by atoms with E-state index in [1.165, 1.54) is 24.3 Å². The van der Waals surface area contributed by atoms with E-state index in [2.05, 4.69) is 10.6 Å². The lowest BCUT2D eigenvalue weighted by molar-refractivity contribution is -0.128. The molecule has 0 saturated carbocycles. The lowest BCUT2D eigenvalue weighted by Gasteiger charge is -2.16. The van der Waals surface area contributed by atoms with Crippen LogP contribution in [0.25, 0.3) is 11.1 Å². The molecule has 0 aromatic heterocycles. The number of benzene rings is 3. The molecule has 9 heteroatoms. The second-order valence-corrected chi connectivity index (χ2v) is 9.71. The minimum atomic E-state index is -3.78. The largest absolute Gasteiger partial charge is 0.338 e. The number of nitrogens with two attached hydrogens (primary N) is 1. The summed E-state index contributed by atoms with van der Waals surface area (Å²) in [6.45, 7) is 1.75. The number of primary sulfonamides is 1. The van der Waals surface area contributed by atoms with E-state index in [1.807, 2.05) is 53.4 Å². The van der Waals surface area contributed by atoms with Crippen molar-refractivity contribution in [3.63, 3.8) is 0 Å². The first-order valence-corrected chi connectivity index (χ1v) is 12.5. The number of hydrogen-bond donors (Lipinski definition) is 3. The van der Waals surface area contributed by atoms with Gasteiger partial charge in [-0.3, -0.25) is 4.79 Å². The predicted molar refractivity (Wildman–Crippen MR) is 130 cm³/mol. The van der Waals surface area contributed by atoms with Crippen molar-refractivity contribution >= 4 is 27.6 Å². The van der Waals surface area contributed by atoms with Crippen molar-refractivity contribution in [1.29, 1.82) is 0 Å². The number of amides is 3. The van der Waals surface area contributed by atoms with Crippen LogP contribution in [0.4, 0.5) is 10.5 Å². The Bertz CT molecular complexity index is 1290. The van der Waals surface area contributed by atoms with Gasteiger partial charge in [-0.25, -0.2) is 18.4 Å². The third-order valence-electron chi connectivity index (χ3n) is 5.71. The molecule has 1 heterocycles. The zero-order valence-corrected chi connectivity index (χ0v) is 19.3. The van der Waals surface area contributed by atoms with E-state index in [9.17, 15) is 18.0 Å². The van der Waals surface area contributed by atoms with Crippen LogP contribution >= 0.6 is 0 Å². The number of urea groups is 1. The Hall–Kier alpha value is -3.69. The number of hydrogen-bond acceptors (Lipinski definition) is 4. The number of nitrogens with one attached hydrogen (secondary N) is 2. The van der Waals surface area contributed by atoms with Crippen LogP contribution in [-0.2, 0) is 27.9 Å². The molecule has 1 aliphatic rings. The standard InChI is InChI=1S/C25H26N4O4S/c26-34(32,33)22-13-11-21(12-14-22)28-25(31)27-16-20-4-1-2-5-23(20)19-9-7-18(8-10-19)17-29-15-3-6-24(29)30/h1-2,4-5,7-14H,3,6,15-17H2,(H2,26,32,33)(H2,27,28,31). The summed E-state index contributed by atoms with van der Waals surface area (Å²) in [5.74, 6) is 0.208. The van der Waals surface area contributed by atoms with Crippen molar-refractivity contribution in [3.05, 3.63) is 83.9 Å². The SMILES string of the molecule is NS(=O)(=O)c1ccc(NC(=O)NCc2ccccc2-c2ccc(CN3CCCC3=O)cc2)cc1. The van der Waals surface area contributed by atoms with Crippen LogP contribution < -0.4 is 15.8 Å². The molecule has 176 valence electrons. The molecule has 1 saturated heterocycles. The maximum absolute atomic E-state index is 12.4.